The SMILES string of the molecule is COc1cc(N)c(Cl)cc1C(=O)NC12CCCC(CCC1)N2CC(C)(C)C. The number of nitrogens with two attached hydrogens (primary N) is 1. The van der Waals surface area contributed by atoms with Crippen LogP contribution in [-0.4, -0.2) is 36.2 Å². The number of carbonyl (C=O) groups is 1. The molecule has 5 nitrogen and oxygen atoms in total. The van der Waals surface area contributed by atoms with Crippen LogP contribution in [0.2, 0.25) is 5.02 Å². The van der Waals surface area contributed by atoms with Crippen LogP contribution in [0.1, 0.15) is 69.7 Å². The van der Waals surface area contributed by atoms with Crippen LogP contribution < -0.4 is 15.8 Å². The van der Waals surface area contributed by atoms with Crippen molar-refractivity contribution in [3.63, 3.8) is 0 Å². The van der Waals surface area contributed by atoms with Crippen molar-refractivity contribution in [2.75, 3.05) is 19.4 Å². The average molecular weight is 394 g/mol. The Bertz CT molecular complexity index is 704. The Labute approximate surface area is 167 Å². The summed E-state index contributed by atoms with van der Waals surface area (Å²) in [7, 11) is 1.54. The van der Waals surface area contributed by atoms with Crippen LogP contribution in [0.3, 0.4) is 0 Å². The summed E-state index contributed by atoms with van der Waals surface area (Å²) in [6.45, 7) is 7.75. The van der Waals surface area contributed by atoms with E-state index in [2.05, 4.69) is 31.0 Å². The number of methoxy groups -OCH3 is 1. The first kappa shape index (κ1) is 20.3. The summed E-state index contributed by atoms with van der Waals surface area (Å²) in [6, 6.07) is 3.77. The second kappa shape index (κ2) is 7.51. The third-order valence-electron chi connectivity index (χ3n) is 5.80. The van der Waals surface area contributed by atoms with E-state index in [1.807, 2.05) is 0 Å². The van der Waals surface area contributed by atoms with Gasteiger partial charge in [-0.05, 0) is 50.0 Å². The summed E-state index contributed by atoms with van der Waals surface area (Å²) >= 11 is 6.18. The zero-order valence-corrected chi connectivity index (χ0v) is 17.7. The number of halogens is 1. The van der Waals surface area contributed by atoms with Gasteiger partial charge < -0.3 is 15.8 Å². The number of anilines is 1. The minimum atomic E-state index is -0.287. The second-order valence-corrected chi connectivity index (χ2v) is 9.59. The fraction of sp³-hybridized carbons (Fsp3) is 0.667. The molecular formula is C21H32ClN3O2. The van der Waals surface area contributed by atoms with E-state index < -0.39 is 0 Å². The molecule has 3 N–H and O–H groups in total. The van der Waals surface area contributed by atoms with Gasteiger partial charge in [0.25, 0.3) is 5.91 Å². The summed E-state index contributed by atoms with van der Waals surface area (Å²) in [5, 5.41) is 3.75. The monoisotopic (exact) mass is 393 g/mol. The predicted molar refractivity (Wildman–Crippen MR) is 110 cm³/mol. The smallest absolute Gasteiger partial charge is 0.256 e. The molecule has 2 fully saturated rings. The van der Waals surface area contributed by atoms with Crippen LogP contribution in [0.4, 0.5) is 5.69 Å². The Morgan fingerprint density at radius 1 is 1.33 bits per heavy atom. The molecule has 150 valence electrons. The normalized spacial score (nSPS) is 25.9. The first-order valence-corrected chi connectivity index (χ1v) is 10.3. The first-order chi connectivity index (χ1) is 12.6. The summed E-state index contributed by atoms with van der Waals surface area (Å²) < 4.78 is 5.39. The van der Waals surface area contributed by atoms with Crippen molar-refractivity contribution in [3.8, 4) is 5.75 Å². The van der Waals surface area contributed by atoms with Crippen molar-refractivity contribution in [2.45, 2.75) is 71.0 Å². The maximum Gasteiger partial charge on any atom is 0.256 e. The molecule has 1 aromatic rings. The minimum absolute atomic E-state index is 0.143. The van der Waals surface area contributed by atoms with E-state index in [-0.39, 0.29) is 17.0 Å². The van der Waals surface area contributed by atoms with Crippen molar-refractivity contribution in [1.29, 1.82) is 0 Å². The van der Waals surface area contributed by atoms with Gasteiger partial charge in [-0.2, -0.15) is 0 Å². The maximum absolute atomic E-state index is 13.2. The lowest BCUT2D eigenvalue weighted by molar-refractivity contribution is -0.0725. The molecule has 0 spiro atoms. The van der Waals surface area contributed by atoms with E-state index in [1.165, 1.54) is 12.8 Å². The molecule has 0 atom stereocenters. The van der Waals surface area contributed by atoms with Gasteiger partial charge in [0.05, 0.1) is 29.0 Å². The maximum atomic E-state index is 13.2. The highest BCUT2D eigenvalue weighted by Crippen LogP contribution is 2.42. The number of nitrogens with one attached hydrogen (secondary N) is 1. The molecular weight excluding hydrogens is 362 g/mol. The summed E-state index contributed by atoms with van der Waals surface area (Å²) in [4.78, 5) is 15.8. The van der Waals surface area contributed by atoms with Gasteiger partial charge in [-0.15, -0.1) is 0 Å². The molecule has 2 saturated heterocycles. The van der Waals surface area contributed by atoms with E-state index >= 15 is 0 Å². The number of amides is 1. The van der Waals surface area contributed by atoms with Gasteiger partial charge in [0, 0.05) is 18.7 Å². The molecule has 2 bridgehead atoms. The summed E-state index contributed by atoms with van der Waals surface area (Å²) in [5.74, 6) is 0.312. The molecule has 2 aliphatic heterocycles. The molecule has 1 amide bonds. The number of ether oxygens (including phenoxy) is 1. The molecule has 0 aromatic heterocycles. The van der Waals surface area contributed by atoms with Crippen LogP contribution in [0, 0.1) is 5.41 Å². The minimum Gasteiger partial charge on any atom is -0.496 e. The quantitative estimate of drug-likeness (QED) is 0.742. The number of hydrogen-bond donors (Lipinski definition) is 2. The van der Waals surface area contributed by atoms with Crippen molar-refractivity contribution in [3.05, 3.63) is 22.7 Å². The number of hydrogen-bond acceptors (Lipinski definition) is 4. The van der Waals surface area contributed by atoms with Crippen LogP contribution in [0.15, 0.2) is 12.1 Å². The molecule has 27 heavy (non-hydrogen) atoms. The number of nitrogens with zero attached hydrogens (tertiary/aromatic N) is 1. The zero-order valence-electron chi connectivity index (χ0n) is 16.9. The number of benzene rings is 1. The first-order valence-electron chi connectivity index (χ1n) is 9.87. The highest BCUT2D eigenvalue weighted by Gasteiger charge is 2.48. The Morgan fingerprint density at radius 3 is 2.52 bits per heavy atom. The van der Waals surface area contributed by atoms with Crippen LogP contribution >= 0.6 is 11.6 Å². The third kappa shape index (κ3) is 4.19. The molecule has 0 aliphatic carbocycles. The molecule has 0 unspecified atom stereocenters. The fourth-order valence-corrected chi connectivity index (χ4v) is 4.82. The lowest BCUT2D eigenvalue weighted by atomic mass is 9.77. The largest absolute Gasteiger partial charge is 0.496 e. The molecule has 1 aromatic carbocycles. The number of rotatable bonds is 4. The van der Waals surface area contributed by atoms with E-state index in [9.17, 15) is 4.79 Å². The predicted octanol–water partition coefficient (Wildman–Crippen LogP) is 4.44. The van der Waals surface area contributed by atoms with E-state index in [0.717, 1.165) is 32.2 Å². The van der Waals surface area contributed by atoms with Gasteiger partial charge >= 0.3 is 0 Å². The third-order valence-corrected chi connectivity index (χ3v) is 6.13. The van der Waals surface area contributed by atoms with Gasteiger partial charge in [-0.25, -0.2) is 0 Å². The molecule has 2 heterocycles. The fourth-order valence-electron chi connectivity index (χ4n) is 4.66. The number of piperidine rings is 2. The zero-order chi connectivity index (χ0) is 19.8. The number of fused-ring (bicyclic) bond motifs is 2. The second-order valence-electron chi connectivity index (χ2n) is 9.19. The average Bonchev–Trinajstić information content (AvgIpc) is 2.56. The van der Waals surface area contributed by atoms with E-state index in [0.29, 0.717) is 28.1 Å². The highest BCUT2D eigenvalue weighted by molar-refractivity contribution is 6.33. The number of carbonyl (C=O) groups excluding carboxylic acids is 1. The van der Waals surface area contributed by atoms with Gasteiger partial charge in [0.15, 0.2) is 0 Å². The highest BCUT2D eigenvalue weighted by atomic mass is 35.5. The molecule has 6 heteroatoms. The molecule has 0 saturated carbocycles. The van der Waals surface area contributed by atoms with E-state index in [4.69, 9.17) is 22.1 Å². The topological polar surface area (TPSA) is 67.6 Å². The molecule has 3 rings (SSSR count). The Kier molecular flexibility index (Phi) is 5.64. The van der Waals surface area contributed by atoms with Gasteiger partial charge in [-0.1, -0.05) is 32.4 Å². The van der Waals surface area contributed by atoms with Crippen LogP contribution in [-0.2, 0) is 0 Å². The molecule has 2 aliphatic rings. The van der Waals surface area contributed by atoms with Crippen molar-refractivity contribution in [2.24, 2.45) is 5.41 Å². The lowest BCUT2D eigenvalue weighted by Gasteiger charge is -2.56. The van der Waals surface area contributed by atoms with Gasteiger partial charge in [0.2, 0.25) is 0 Å². The van der Waals surface area contributed by atoms with Crippen LogP contribution in [0.5, 0.6) is 5.75 Å². The Hall–Kier alpha value is -1.46. The number of nitrogen functional groups attached to an aromatic ring is 1. The standard InChI is InChI=1S/C21H32ClN3O2/c1-20(2,3)13-25-14-7-5-9-21(25,10-6-8-14)24-19(26)15-11-16(22)17(23)12-18(15)27-4/h11-12,14H,5-10,13,23H2,1-4H3,(H,24,26). The van der Waals surface area contributed by atoms with Crippen molar-refractivity contribution in [1.82, 2.24) is 10.2 Å². The summed E-state index contributed by atoms with van der Waals surface area (Å²) in [5.41, 5.74) is 6.60. The molecule has 0 radical (unpaired) electrons. The van der Waals surface area contributed by atoms with Crippen molar-refractivity contribution < 1.29 is 9.53 Å². The summed E-state index contributed by atoms with van der Waals surface area (Å²) in [6.07, 6.45) is 6.68. The lowest BCUT2D eigenvalue weighted by Crippen LogP contribution is -2.68. The van der Waals surface area contributed by atoms with E-state index in [1.54, 1.807) is 19.2 Å². The Morgan fingerprint density at radius 2 is 1.96 bits per heavy atom. The van der Waals surface area contributed by atoms with Crippen LogP contribution in [0.25, 0.3) is 0 Å². The Balaban J connectivity index is 1.91. The van der Waals surface area contributed by atoms with Crippen molar-refractivity contribution >= 4 is 23.2 Å². The van der Waals surface area contributed by atoms with Gasteiger partial charge in [0.1, 0.15) is 5.75 Å². The van der Waals surface area contributed by atoms with Gasteiger partial charge in [-0.3, -0.25) is 9.69 Å².